The molecule has 2 aliphatic heterocycles. The average Bonchev–Trinajstić information content (AvgIpc) is 2.79. The summed E-state index contributed by atoms with van der Waals surface area (Å²) in [6, 6.07) is 16.3. The van der Waals surface area contributed by atoms with Gasteiger partial charge in [0.25, 0.3) is 5.91 Å². The molecule has 0 bridgehead atoms. The molecule has 0 saturated carbocycles. The predicted molar refractivity (Wildman–Crippen MR) is 121 cm³/mol. The third-order valence-electron chi connectivity index (χ3n) is 6.09. The van der Waals surface area contributed by atoms with Crippen molar-refractivity contribution in [3.8, 4) is 5.75 Å². The van der Waals surface area contributed by atoms with Gasteiger partial charge in [-0.1, -0.05) is 30.3 Å². The van der Waals surface area contributed by atoms with E-state index in [4.69, 9.17) is 4.74 Å². The molecule has 5 heteroatoms. The number of hydrogen-bond donors (Lipinski definition) is 2. The monoisotopic (exact) mass is 405 g/mol. The summed E-state index contributed by atoms with van der Waals surface area (Å²) in [5.41, 5.74) is 3.91. The molecular weight excluding hydrogens is 374 g/mol. The summed E-state index contributed by atoms with van der Waals surface area (Å²) < 4.78 is 6.47. The van der Waals surface area contributed by atoms with E-state index >= 15 is 0 Å². The molecule has 2 aromatic carbocycles. The van der Waals surface area contributed by atoms with Gasteiger partial charge in [0.2, 0.25) is 0 Å². The highest BCUT2D eigenvalue weighted by Gasteiger charge is 2.36. The van der Waals surface area contributed by atoms with Gasteiger partial charge in [0, 0.05) is 43.6 Å². The normalized spacial score (nSPS) is 17.1. The summed E-state index contributed by atoms with van der Waals surface area (Å²) in [5.74, 6) is 1.02. The Balaban J connectivity index is 1.64. The Bertz CT molecular complexity index is 914. The fourth-order valence-electron chi connectivity index (χ4n) is 4.33. The molecule has 0 unspecified atom stereocenters. The number of carbonyl (C=O) groups excluding carboxylic acids is 1. The maximum atomic E-state index is 12.9. The molecule has 2 aromatic rings. The molecule has 1 fully saturated rings. The molecule has 2 N–H and O–H groups in total. The number of rotatable bonds is 6. The molecule has 2 aliphatic rings. The molecule has 1 saturated heterocycles. The summed E-state index contributed by atoms with van der Waals surface area (Å²) in [6.07, 6.45) is 4.22. The van der Waals surface area contributed by atoms with Crippen LogP contribution in [0.15, 0.2) is 54.6 Å². The minimum absolute atomic E-state index is 0.0792. The Hall–Kier alpha value is -2.63. The first-order chi connectivity index (χ1) is 14.7. The van der Waals surface area contributed by atoms with Crippen molar-refractivity contribution in [2.75, 3.05) is 39.8 Å². The average molecular weight is 406 g/mol. The summed E-state index contributed by atoms with van der Waals surface area (Å²) in [5, 5.41) is 6.54. The lowest BCUT2D eigenvalue weighted by Crippen LogP contribution is -2.46. The van der Waals surface area contributed by atoms with E-state index in [9.17, 15) is 4.79 Å². The number of nitrogens with zero attached hydrogens (tertiary/aromatic N) is 1. The third-order valence-corrected chi connectivity index (χ3v) is 6.09. The van der Waals surface area contributed by atoms with Crippen molar-refractivity contribution < 1.29 is 9.53 Å². The maximum absolute atomic E-state index is 12.9. The molecule has 4 rings (SSSR count). The highest BCUT2D eigenvalue weighted by Crippen LogP contribution is 2.42. The first-order valence-corrected chi connectivity index (χ1v) is 10.9. The van der Waals surface area contributed by atoms with E-state index in [1.54, 1.807) is 0 Å². The van der Waals surface area contributed by atoms with Crippen molar-refractivity contribution in [3.63, 3.8) is 0 Å². The van der Waals surface area contributed by atoms with Gasteiger partial charge in [-0.05, 0) is 62.5 Å². The van der Waals surface area contributed by atoms with Crippen LogP contribution < -0.4 is 15.4 Å². The molecule has 5 nitrogen and oxygen atoms in total. The van der Waals surface area contributed by atoms with Gasteiger partial charge >= 0.3 is 0 Å². The van der Waals surface area contributed by atoms with Crippen LogP contribution in [0.5, 0.6) is 5.75 Å². The first-order valence-electron chi connectivity index (χ1n) is 10.9. The van der Waals surface area contributed by atoms with Crippen molar-refractivity contribution in [1.82, 2.24) is 15.5 Å². The van der Waals surface area contributed by atoms with E-state index < -0.39 is 0 Å². The van der Waals surface area contributed by atoms with Gasteiger partial charge in [-0.2, -0.15) is 0 Å². The van der Waals surface area contributed by atoms with Crippen LogP contribution >= 0.6 is 0 Å². The van der Waals surface area contributed by atoms with E-state index in [0.29, 0.717) is 13.1 Å². The molecule has 2 heterocycles. The summed E-state index contributed by atoms with van der Waals surface area (Å²) >= 11 is 0. The second-order valence-electron chi connectivity index (χ2n) is 8.04. The number of amides is 1. The first kappa shape index (κ1) is 20.6. The van der Waals surface area contributed by atoms with Crippen LogP contribution in [0.3, 0.4) is 0 Å². The van der Waals surface area contributed by atoms with E-state index in [1.165, 1.54) is 5.57 Å². The summed E-state index contributed by atoms with van der Waals surface area (Å²) in [7, 11) is 1.90. The largest absolute Gasteiger partial charge is 0.482 e. The van der Waals surface area contributed by atoms with Crippen molar-refractivity contribution in [1.29, 1.82) is 0 Å². The number of carbonyl (C=O) groups is 1. The van der Waals surface area contributed by atoms with Crippen LogP contribution in [0.1, 0.15) is 41.3 Å². The molecule has 1 amide bonds. The SMILES string of the molecule is CCN(CCNC)C(=O)c1ccc(C2=CC3(CCNCC3)Oc3ccccc32)cc1. The van der Waals surface area contributed by atoms with Crippen LogP contribution in [0, 0.1) is 0 Å². The Labute approximate surface area is 179 Å². The van der Waals surface area contributed by atoms with Crippen molar-refractivity contribution in [2.45, 2.75) is 25.4 Å². The quantitative estimate of drug-likeness (QED) is 0.774. The third kappa shape index (κ3) is 4.13. The topological polar surface area (TPSA) is 53.6 Å². The second-order valence-corrected chi connectivity index (χ2v) is 8.04. The van der Waals surface area contributed by atoms with E-state index in [1.807, 2.05) is 37.1 Å². The van der Waals surface area contributed by atoms with Gasteiger partial charge in [0.15, 0.2) is 0 Å². The number of piperidine rings is 1. The molecule has 0 aromatic heterocycles. The summed E-state index contributed by atoms with van der Waals surface area (Å²) in [6.45, 7) is 6.13. The minimum atomic E-state index is -0.254. The number of para-hydroxylation sites is 1. The number of hydrogen-bond acceptors (Lipinski definition) is 4. The van der Waals surface area contributed by atoms with E-state index in [2.05, 4.69) is 47.0 Å². The van der Waals surface area contributed by atoms with Gasteiger partial charge in [0.1, 0.15) is 11.4 Å². The number of benzene rings is 2. The molecule has 0 aliphatic carbocycles. The van der Waals surface area contributed by atoms with Crippen LogP contribution in [0.2, 0.25) is 0 Å². The minimum Gasteiger partial charge on any atom is -0.482 e. The summed E-state index contributed by atoms with van der Waals surface area (Å²) in [4.78, 5) is 14.7. The smallest absolute Gasteiger partial charge is 0.253 e. The fourth-order valence-corrected chi connectivity index (χ4v) is 4.33. The molecule has 158 valence electrons. The highest BCUT2D eigenvalue weighted by atomic mass is 16.5. The maximum Gasteiger partial charge on any atom is 0.253 e. The molecule has 30 heavy (non-hydrogen) atoms. The van der Waals surface area contributed by atoms with Crippen LogP contribution in [0.4, 0.5) is 0 Å². The standard InChI is InChI=1S/C25H31N3O2/c1-3-28(17-16-26-2)24(29)20-10-8-19(9-11-20)22-18-25(12-14-27-15-13-25)30-23-7-5-4-6-21(22)23/h4-11,18,26-27H,3,12-17H2,1-2H3. The fraction of sp³-hybridized carbons (Fsp3) is 0.400. The number of nitrogens with one attached hydrogen (secondary N) is 2. The van der Waals surface area contributed by atoms with E-state index in [0.717, 1.165) is 54.9 Å². The molecule has 0 atom stereocenters. The van der Waals surface area contributed by atoms with Crippen LogP contribution in [0.25, 0.3) is 5.57 Å². The molecular formula is C25H31N3O2. The van der Waals surface area contributed by atoms with Crippen molar-refractivity contribution in [3.05, 3.63) is 71.3 Å². The Morgan fingerprint density at radius 1 is 1.13 bits per heavy atom. The number of likely N-dealkylation sites (N-methyl/N-ethyl adjacent to an activating group) is 2. The predicted octanol–water partition coefficient (Wildman–Crippen LogP) is 3.31. The van der Waals surface area contributed by atoms with Crippen molar-refractivity contribution >= 4 is 11.5 Å². The zero-order valence-electron chi connectivity index (χ0n) is 17.9. The van der Waals surface area contributed by atoms with Crippen LogP contribution in [-0.2, 0) is 0 Å². The zero-order valence-corrected chi connectivity index (χ0v) is 17.9. The number of fused-ring (bicyclic) bond motifs is 1. The van der Waals surface area contributed by atoms with Gasteiger partial charge in [-0.25, -0.2) is 0 Å². The lowest BCUT2D eigenvalue weighted by atomic mass is 9.83. The Morgan fingerprint density at radius 2 is 1.87 bits per heavy atom. The molecule has 0 radical (unpaired) electrons. The lowest BCUT2D eigenvalue weighted by Gasteiger charge is -2.40. The Kier molecular flexibility index (Phi) is 6.21. The van der Waals surface area contributed by atoms with Crippen LogP contribution in [-0.4, -0.2) is 56.2 Å². The number of ether oxygens (including phenoxy) is 1. The molecule has 1 spiro atoms. The second kappa shape index (κ2) is 9.02. The van der Waals surface area contributed by atoms with Gasteiger partial charge < -0.3 is 20.3 Å². The van der Waals surface area contributed by atoms with E-state index in [-0.39, 0.29) is 11.5 Å². The van der Waals surface area contributed by atoms with Gasteiger partial charge in [-0.15, -0.1) is 0 Å². The van der Waals surface area contributed by atoms with Gasteiger partial charge in [-0.3, -0.25) is 4.79 Å². The highest BCUT2D eigenvalue weighted by molar-refractivity contribution is 5.95. The Morgan fingerprint density at radius 3 is 2.57 bits per heavy atom. The van der Waals surface area contributed by atoms with Gasteiger partial charge in [0.05, 0.1) is 0 Å². The lowest BCUT2D eigenvalue weighted by molar-refractivity contribution is 0.0766. The van der Waals surface area contributed by atoms with Crippen molar-refractivity contribution in [2.24, 2.45) is 0 Å². The zero-order chi connectivity index (χ0) is 21.0.